The molecule has 2 aromatic rings. The third kappa shape index (κ3) is 4.38. The lowest BCUT2D eigenvalue weighted by Crippen LogP contribution is -2.34. The highest BCUT2D eigenvalue weighted by Crippen LogP contribution is 2.23. The van der Waals surface area contributed by atoms with Crippen LogP contribution >= 0.6 is 11.6 Å². The van der Waals surface area contributed by atoms with Crippen LogP contribution in [0.15, 0.2) is 48.7 Å². The molecule has 24 heavy (non-hydrogen) atoms. The predicted molar refractivity (Wildman–Crippen MR) is 94.5 cm³/mol. The fraction of sp³-hybridized carbons (Fsp3) is 0.333. The van der Waals surface area contributed by atoms with Crippen molar-refractivity contribution in [2.45, 2.75) is 6.42 Å². The summed E-state index contributed by atoms with van der Waals surface area (Å²) in [6.45, 7) is 2.58. The van der Waals surface area contributed by atoms with Gasteiger partial charge in [-0.15, -0.1) is 0 Å². The predicted octanol–water partition coefficient (Wildman–Crippen LogP) is 2.76. The summed E-state index contributed by atoms with van der Waals surface area (Å²) in [7, 11) is 0. The van der Waals surface area contributed by atoms with Crippen molar-refractivity contribution in [2.75, 3.05) is 31.1 Å². The van der Waals surface area contributed by atoms with Gasteiger partial charge in [-0.3, -0.25) is 4.79 Å². The van der Waals surface area contributed by atoms with Crippen molar-refractivity contribution < 1.29 is 9.53 Å². The first kappa shape index (κ1) is 16.6. The highest BCUT2D eigenvalue weighted by atomic mass is 35.5. The number of benzene rings is 1. The van der Waals surface area contributed by atoms with E-state index in [2.05, 4.69) is 27.3 Å². The largest absolute Gasteiger partial charge is 0.481 e. The van der Waals surface area contributed by atoms with Gasteiger partial charge in [-0.05, 0) is 36.6 Å². The SMILES string of the molecule is O=C(COc1cccnc1Cl)NC[C@H]1CCN(c2ccccc2)C1. The highest BCUT2D eigenvalue weighted by Gasteiger charge is 2.23. The summed E-state index contributed by atoms with van der Waals surface area (Å²) < 4.78 is 5.39. The van der Waals surface area contributed by atoms with Crippen molar-refractivity contribution in [1.82, 2.24) is 10.3 Å². The Morgan fingerprint density at radius 1 is 1.29 bits per heavy atom. The number of aromatic nitrogens is 1. The number of ether oxygens (including phenoxy) is 1. The van der Waals surface area contributed by atoms with Crippen LogP contribution in [0.2, 0.25) is 5.15 Å². The number of rotatable bonds is 6. The number of hydrogen-bond donors (Lipinski definition) is 1. The molecular formula is C18H20ClN3O2. The molecule has 3 rings (SSSR count). The van der Waals surface area contributed by atoms with E-state index in [1.807, 2.05) is 18.2 Å². The standard InChI is InChI=1S/C18H20ClN3O2/c19-18-16(7-4-9-20-18)24-13-17(23)21-11-14-8-10-22(12-14)15-5-2-1-3-6-15/h1-7,9,14H,8,10-13H2,(H,21,23)/t14-/m1/s1. The van der Waals surface area contributed by atoms with E-state index in [-0.39, 0.29) is 17.7 Å². The number of amides is 1. The number of para-hydroxylation sites is 1. The van der Waals surface area contributed by atoms with Crippen LogP contribution in [-0.2, 0) is 4.79 Å². The second kappa shape index (κ2) is 8.02. The van der Waals surface area contributed by atoms with E-state index in [1.54, 1.807) is 18.3 Å². The summed E-state index contributed by atoms with van der Waals surface area (Å²) in [4.78, 5) is 18.2. The molecule has 1 N–H and O–H groups in total. The Balaban J connectivity index is 1.40. The molecule has 1 aliphatic heterocycles. The summed E-state index contributed by atoms with van der Waals surface area (Å²) in [6, 6.07) is 13.8. The zero-order chi connectivity index (χ0) is 16.8. The van der Waals surface area contributed by atoms with Crippen molar-refractivity contribution in [3.63, 3.8) is 0 Å². The van der Waals surface area contributed by atoms with Gasteiger partial charge < -0.3 is 15.0 Å². The molecular weight excluding hydrogens is 326 g/mol. The zero-order valence-electron chi connectivity index (χ0n) is 13.3. The Hall–Kier alpha value is -2.27. The van der Waals surface area contributed by atoms with E-state index in [0.29, 0.717) is 18.2 Å². The minimum absolute atomic E-state index is 0.0550. The molecule has 0 spiro atoms. The van der Waals surface area contributed by atoms with Gasteiger partial charge in [-0.1, -0.05) is 29.8 Å². The van der Waals surface area contributed by atoms with Crippen LogP contribution in [0.3, 0.4) is 0 Å². The Morgan fingerprint density at radius 2 is 2.12 bits per heavy atom. The third-order valence-electron chi connectivity index (χ3n) is 4.08. The van der Waals surface area contributed by atoms with Crippen LogP contribution < -0.4 is 15.0 Å². The van der Waals surface area contributed by atoms with Crippen molar-refractivity contribution in [3.05, 3.63) is 53.8 Å². The molecule has 5 nitrogen and oxygen atoms in total. The lowest BCUT2D eigenvalue weighted by molar-refractivity contribution is -0.123. The first-order valence-corrected chi connectivity index (χ1v) is 8.40. The molecule has 0 unspecified atom stereocenters. The fourth-order valence-corrected chi connectivity index (χ4v) is 2.98. The smallest absolute Gasteiger partial charge is 0.257 e. The van der Waals surface area contributed by atoms with E-state index >= 15 is 0 Å². The van der Waals surface area contributed by atoms with Gasteiger partial charge in [0.15, 0.2) is 17.5 Å². The molecule has 126 valence electrons. The van der Waals surface area contributed by atoms with Crippen LogP contribution in [0.1, 0.15) is 6.42 Å². The molecule has 1 atom stereocenters. The van der Waals surface area contributed by atoms with Gasteiger partial charge in [0.2, 0.25) is 0 Å². The van der Waals surface area contributed by atoms with Gasteiger partial charge >= 0.3 is 0 Å². The van der Waals surface area contributed by atoms with Crippen molar-refractivity contribution >= 4 is 23.2 Å². The maximum atomic E-state index is 11.9. The van der Waals surface area contributed by atoms with E-state index in [0.717, 1.165) is 19.5 Å². The summed E-state index contributed by atoms with van der Waals surface area (Å²) in [5, 5.41) is 3.20. The molecule has 1 saturated heterocycles. The fourth-order valence-electron chi connectivity index (χ4n) is 2.80. The molecule has 2 heterocycles. The number of anilines is 1. The molecule has 6 heteroatoms. The molecule has 0 saturated carbocycles. The van der Waals surface area contributed by atoms with E-state index in [1.165, 1.54) is 5.69 Å². The van der Waals surface area contributed by atoms with E-state index < -0.39 is 0 Å². The number of hydrogen-bond acceptors (Lipinski definition) is 4. The molecule has 0 radical (unpaired) electrons. The van der Waals surface area contributed by atoms with Crippen molar-refractivity contribution in [2.24, 2.45) is 5.92 Å². The van der Waals surface area contributed by atoms with Gasteiger partial charge in [0.1, 0.15) is 0 Å². The van der Waals surface area contributed by atoms with Crippen molar-refractivity contribution in [3.8, 4) is 5.75 Å². The number of nitrogens with zero attached hydrogens (tertiary/aromatic N) is 2. The van der Waals surface area contributed by atoms with Gasteiger partial charge in [-0.25, -0.2) is 4.98 Å². The molecule has 1 fully saturated rings. The van der Waals surface area contributed by atoms with Gasteiger partial charge in [0, 0.05) is 31.5 Å². The molecule has 1 aromatic heterocycles. The molecule has 1 amide bonds. The number of halogens is 1. The summed E-state index contributed by atoms with van der Waals surface area (Å²) in [6.07, 6.45) is 2.65. The lowest BCUT2D eigenvalue weighted by atomic mass is 10.1. The minimum atomic E-state index is -0.145. The lowest BCUT2D eigenvalue weighted by Gasteiger charge is -2.18. The Bertz CT molecular complexity index is 681. The Kier molecular flexibility index (Phi) is 5.54. The molecule has 1 aliphatic rings. The minimum Gasteiger partial charge on any atom is -0.481 e. The second-order valence-corrected chi connectivity index (χ2v) is 6.18. The number of carbonyl (C=O) groups is 1. The van der Waals surface area contributed by atoms with Gasteiger partial charge in [-0.2, -0.15) is 0 Å². The van der Waals surface area contributed by atoms with Crippen LogP contribution in [0.5, 0.6) is 5.75 Å². The third-order valence-corrected chi connectivity index (χ3v) is 4.36. The number of nitrogens with one attached hydrogen (secondary N) is 1. The average molecular weight is 346 g/mol. The van der Waals surface area contributed by atoms with Crippen LogP contribution in [0, 0.1) is 5.92 Å². The quantitative estimate of drug-likeness (QED) is 0.818. The molecule has 0 aliphatic carbocycles. The summed E-state index contributed by atoms with van der Waals surface area (Å²) >= 11 is 5.89. The maximum Gasteiger partial charge on any atom is 0.257 e. The van der Waals surface area contributed by atoms with Crippen LogP contribution in [-0.4, -0.2) is 37.1 Å². The first-order valence-electron chi connectivity index (χ1n) is 8.02. The Labute approximate surface area is 146 Å². The average Bonchev–Trinajstić information content (AvgIpc) is 3.09. The van der Waals surface area contributed by atoms with E-state index in [9.17, 15) is 4.79 Å². The van der Waals surface area contributed by atoms with E-state index in [4.69, 9.17) is 16.3 Å². The normalized spacial score (nSPS) is 16.9. The van der Waals surface area contributed by atoms with Crippen LogP contribution in [0.4, 0.5) is 5.69 Å². The summed E-state index contributed by atoms with van der Waals surface area (Å²) in [5.41, 5.74) is 1.24. The number of pyridine rings is 1. The molecule has 0 bridgehead atoms. The molecule has 1 aromatic carbocycles. The highest BCUT2D eigenvalue weighted by molar-refractivity contribution is 6.30. The van der Waals surface area contributed by atoms with Gasteiger partial charge in [0.05, 0.1) is 0 Å². The zero-order valence-corrected chi connectivity index (χ0v) is 14.1. The topological polar surface area (TPSA) is 54.5 Å². The van der Waals surface area contributed by atoms with Crippen molar-refractivity contribution in [1.29, 1.82) is 0 Å². The Morgan fingerprint density at radius 3 is 2.92 bits per heavy atom. The van der Waals surface area contributed by atoms with Crippen LogP contribution in [0.25, 0.3) is 0 Å². The van der Waals surface area contributed by atoms with Gasteiger partial charge in [0.25, 0.3) is 5.91 Å². The number of carbonyl (C=O) groups excluding carboxylic acids is 1. The first-order chi connectivity index (χ1) is 11.7. The summed E-state index contributed by atoms with van der Waals surface area (Å²) in [5.74, 6) is 0.731. The second-order valence-electron chi connectivity index (χ2n) is 5.82. The maximum absolute atomic E-state index is 11.9. The monoisotopic (exact) mass is 345 g/mol.